The number of aromatic nitrogens is 3. The maximum Gasteiger partial charge on any atom is 0.0747 e. The van der Waals surface area contributed by atoms with Crippen LogP contribution in [0.3, 0.4) is 0 Å². The molecular formula is C20H22N4. The molecule has 3 aromatic rings. The van der Waals surface area contributed by atoms with Gasteiger partial charge in [0, 0.05) is 41.8 Å². The number of rotatable bonds is 5. The van der Waals surface area contributed by atoms with Crippen molar-refractivity contribution in [1.82, 2.24) is 15.0 Å². The number of hydrogen-bond donors (Lipinski definition) is 1. The Morgan fingerprint density at radius 1 is 0.708 bits per heavy atom. The van der Waals surface area contributed by atoms with Crippen molar-refractivity contribution in [2.45, 2.75) is 31.2 Å². The lowest BCUT2D eigenvalue weighted by molar-refractivity contribution is 0.297. The average Bonchev–Trinajstić information content (AvgIpc) is 2.68. The molecule has 0 aliphatic heterocycles. The van der Waals surface area contributed by atoms with Gasteiger partial charge in [0.05, 0.1) is 11.2 Å². The minimum atomic E-state index is -0.718. The third-order valence-electron chi connectivity index (χ3n) is 4.80. The lowest BCUT2D eigenvalue weighted by atomic mass is 9.70. The van der Waals surface area contributed by atoms with E-state index >= 15 is 0 Å². The second-order valence-electron chi connectivity index (χ2n) is 6.10. The molecule has 0 fully saturated rings. The minimum Gasteiger partial charge on any atom is -0.319 e. The van der Waals surface area contributed by atoms with Gasteiger partial charge in [-0.1, -0.05) is 32.0 Å². The molecule has 24 heavy (non-hydrogen) atoms. The highest BCUT2D eigenvalue weighted by Gasteiger charge is 2.43. The zero-order valence-corrected chi connectivity index (χ0v) is 14.0. The Kier molecular flexibility index (Phi) is 4.67. The molecule has 0 saturated carbocycles. The fraction of sp³-hybridized carbons (Fsp3) is 0.250. The van der Waals surface area contributed by atoms with Gasteiger partial charge >= 0.3 is 0 Å². The summed E-state index contributed by atoms with van der Waals surface area (Å²) < 4.78 is 0. The third-order valence-corrected chi connectivity index (χ3v) is 4.80. The molecule has 0 bridgehead atoms. The van der Waals surface area contributed by atoms with Crippen LogP contribution in [0, 0.1) is 0 Å². The van der Waals surface area contributed by atoms with Crippen LogP contribution in [0.15, 0.2) is 73.2 Å². The topological polar surface area (TPSA) is 64.7 Å². The predicted octanol–water partition coefficient (Wildman–Crippen LogP) is 3.63. The van der Waals surface area contributed by atoms with Crippen LogP contribution >= 0.6 is 0 Å². The Morgan fingerprint density at radius 2 is 1.17 bits per heavy atom. The summed E-state index contributed by atoms with van der Waals surface area (Å²) in [4.78, 5) is 13.6. The smallest absolute Gasteiger partial charge is 0.0747 e. The van der Waals surface area contributed by atoms with E-state index in [-0.39, 0.29) is 11.8 Å². The summed E-state index contributed by atoms with van der Waals surface area (Å²) in [5.74, 6) is -0.0452. The van der Waals surface area contributed by atoms with E-state index < -0.39 is 5.54 Å². The third kappa shape index (κ3) is 2.93. The largest absolute Gasteiger partial charge is 0.319 e. The van der Waals surface area contributed by atoms with E-state index in [0.29, 0.717) is 0 Å². The van der Waals surface area contributed by atoms with Gasteiger partial charge in [-0.15, -0.1) is 0 Å². The summed E-state index contributed by atoms with van der Waals surface area (Å²) in [6, 6.07) is 17.7. The lowest BCUT2D eigenvalue weighted by Crippen LogP contribution is -2.47. The van der Waals surface area contributed by atoms with Gasteiger partial charge < -0.3 is 5.73 Å². The van der Waals surface area contributed by atoms with Crippen LogP contribution in [-0.2, 0) is 5.54 Å². The van der Waals surface area contributed by atoms with Crippen LogP contribution in [0.1, 0.15) is 42.8 Å². The lowest BCUT2D eigenvalue weighted by Gasteiger charge is -2.39. The summed E-state index contributed by atoms with van der Waals surface area (Å²) in [6.45, 7) is 4.22. The second-order valence-corrected chi connectivity index (χ2v) is 6.10. The van der Waals surface area contributed by atoms with Crippen LogP contribution in [-0.4, -0.2) is 15.0 Å². The second kappa shape index (κ2) is 6.89. The average molecular weight is 318 g/mol. The van der Waals surface area contributed by atoms with Gasteiger partial charge in [0.1, 0.15) is 0 Å². The van der Waals surface area contributed by atoms with E-state index in [1.807, 2.05) is 54.6 Å². The molecule has 2 N–H and O–H groups in total. The van der Waals surface area contributed by atoms with Crippen molar-refractivity contribution in [2.24, 2.45) is 5.73 Å². The predicted molar refractivity (Wildman–Crippen MR) is 95.4 cm³/mol. The summed E-state index contributed by atoms with van der Waals surface area (Å²) in [5, 5.41) is 0. The fourth-order valence-corrected chi connectivity index (χ4v) is 3.19. The molecule has 3 aromatic heterocycles. The SMILES string of the molecule is CC(c1ccccn1)C(N)(c1ccccn1)C(C)c1ccccn1. The summed E-state index contributed by atoms with van der Waals surface area (Å²) in [5.41, 5.74) is 9.06. The Bertz CT molecular complexity index is 714. The highest BCUT2D eigenvalue weighted by atomic mass is 14.9. The summed E-state index contributed by atoms with van der Waals surface area (Å²) in [7, 11) is 0. The highest BCUT2D eigenvalue weighted by molar-refractivity contribution is 5.30. The first-order valence-electron chi connectivity index (χ1n) is 8.16. The van der Waals surface area contributed by atoms with Crippen molar-refractivity contribution >= 4 is 0 Å². The van der Waals surface area contributed by atoms with Gasteiger partial charge in [0.25, 0.3) is 0 Å². The van der Waals surface area contributed by atoms with E-state index in [1.54, 1.807) is 18.6 Å². The van der Waals surface area contributed by atoms with E-state index in [1.165, 1.54) is 0 Å². The molecule has 0 aliphatic rings. The van der Waals surface area contributed by atoms with E-state index in [0.717, 1.165) is 17.1 Å². The van der Waals surface area contributed by atoms with E-state index in [9.17, 15) is 0 Å². The first-order chi connectivity index (χ1) is 11.6. The van der Waals surface area contributed by atoms with Crippen molar-refractivity contribution in [2.75, 3.05) is 0 Å². The maximum atomic E-state index is 7.03. The fourth-order valence-electron chi connectivity index (χ4n) is 3.19. The molecule has 122 valence electrons. The van der Waals surface area contributed by atoms with Crippen LogP contribution in [0.5, 0.6) is 0 Å². The molecule has 2 unspecified atom stereocenters. The molecule has 2 atom stereocenters. The Labute approximate surface area is 142 Å². The Hall–Kier alpha value is -2.59. The van der Waals surface area contributed by atoms with Crippen molar-refractivity contribution in [3.8, 4) is 0 Å². The van der Waals surface area contributed by atoms with Gasteiger partial charge in [-0.2, -0.15) is 0 Å². The van der Waals surface area contributed by atoms with Gasteiger partial charge in [0.15, 0.2) is 0 Å². The summed E-state index contributed by atoms with van der Waals surface area (Å²) in [6.07, 6.45) is 5.39. The molecule has 0 radical (unpaired) electrons. The van der Waals surface area contributed by atoms with Crippen LogP contribution in [0.25, 0.3) is 0 Å². The maximum absolute atomic E-state index is 7.03. The van der Waals surface area contributed by atoms with Crippen molar-refractivity contribution in [3.05, 3.63) is 90.3 Å². The van der Waals surface area contributed by atoms with Gasteiger partial charge in [0.2, 0.25) is 0 Å². The molecule has 0 saturated heterocycles. The molecule has 4 nitrogen and oxygen atoms in total. The summed E-state index contributed by atoms with van der Waals surface area (Å²) >= 11 is 0. The van der Waals surface area contributed by atoms with Crippen molar-refractivity contribution in [1.29, 1.82) is 0 Å². The van der Waals surface area contributed by atoms with Crippen LogP contribution < -0.4 is 5.73 Å². The highest BCUT2D eigenvalue weighted by Crippen LogP contribution is 2.43. The first kappa shape index (κ1) is 16.3. The molecular weight excluding hydrogens is 296 g/mol. The first-order valence-corrected chi connectivity index (χ1v) is 8.16. The van der Waals surface area contributed by atoms with Crippen molar-refractivity contribution < 1.29 is 0 Å². The van der Waals surface area contributed by atoms with Gasteiger partial charge in [-0.3, -0.25) is 15.0 Å². The van der Waals surface area contributed by atoms with Crippen molar-refractivity contribution in [3.63, 3.8) is 0 Å². The van der Waals surface area contributed by atoms with Crippen LogP contribution in [0.4, 0.5) is 0 Å². The minimum absolute atomic E-state index is 0.0226. The standard InChI is InChI=1S/C20H22N4/c1-15(17-9-3-6-12-22-17)20(21,19-11-5-8-14-24-19)16(2)18-10-4-7-13-23-18/h3-16H,21H2,1-2H3. The molecule has 3 heterocycles. The molecule has 0 aromatic carbocycles. The number of nitrogens with zero attached hydrogens (tertiary/aromatic N) is 3. The van der Waals surface area contributed by atoms with Gasteiger partial charge in [-0.05, 0) is 36.4 Å². The Balaban J connectivity index is 2.11. The quantitative estimate of drug-likeness (QED) is 0.780. The van der Waals surface area contributed by atoms with E-state index in [4.69, 9.17) is 5.73 Å². The Morgan fingerprint density at radius 3 is 1.54 bits per heavy atom. The number of pyridine rings is 3. The van der Waals surface area contributed by atoms with Crippen LogP contribution in [0.2, 0.25) is 0 Å². The normalized spacial score (nSPS) is 16.1. The molecule has 3 rings (SSSR count). The molecule has 0 aliphatic carbocycles. The van der Waals surface area contributed by atoms with Gasteiger partial charge in [-0.25, -0.2) is 0 Å². The monoisotopic (exact) mass is 318 g/mol. The zero-order valence-electron chi connectivity index (χ0n) is 14.0. The molecule has 0 amide bonds. The number of hydrogen-bond acceptors (Lipinski definition) is 4. The zero-order chi connectivity index (χ0) is 17.0. The molecule has 4 heteroatoms. The number of nitrogens with two attached hydrogens (primary N) is 1. The molecule has 0 spiro atoms. The van der Waals surface area contributed by atoms with E-state index in [2.05, 4.69) is 28.8 Å².